The van der Waals surface area contributed by atoms with Gasteiger partial charge in [-0.25, -0.2) is 0 Å². The minimum Gasteiger partial charge on any atom is -0.493 e. The lowest BCUT2D eigenvalue weighted by atomic mass is 10.1. The van der Waals surface area contributed by atoms with Gasteiger partial charge in [0.05, 0.1) is 18.2 Å². The minimum atomic E-state index is -0.195. The van der Waals surface area contributed by atoms with Gasteiger partial charge in [0.2, 0.25) is 5.91 Å². The van der Waals surface area contributed by atoms with Crippen molar-refractivity contribution >= 4 is 5.91 Å². The number of hydrogen-bond donors (Lipinski definition) is 2. The van der Waals surface area contributed by atoms with Gasteiger partial charge in [-0.05, 0) is 44.3 Å². The van der Waals surface area contributed by atoms with Crippen LogP contribution in [0.1, 0.15) is 27.2 Å². The van der Waals surface area contributed by atoms with Crippen LogP contribution < -0.4 is 10.1 Å². The van der Waals surface area contributed by atoms with Gasteiger partial charge in [-0.1, -0.05) is 32.9 Å². The van der Waals surface area contributed by atoms with Crippen LogP contribution in [0.5, 0.6) is 5.75 Å². The first-order valence-electron chi connectivity index (χ1n) is 9.36. The van der Waals surface area contributed by atoms with Crippen molar-refractivity contribution in [3.63, 3.8) is 0 Å². The maximum Gasteiger partial charge on any atom is 0.226 e. The van der Waals surface area contributed by atoms with Crippen molar-refractivity contribution in [2.45, 2.75) is 27.2 Å². The highest BCUT2D eigenvalue weighted by molar-refractivity contribution is 5.78. The second-order valence-electron chi connectivity index (χ2n) is 6.38. The van der Waals surface area contributed by atoms with E-state index in [0.29, 0.717) is 13.2 Å². The van der Waals surface area contributed by atoms with Crippen LogP contribution in [-0.2, 0) is 4.79 Å². The SMILES string of the molecule is CCN(CC)CCCNC(=O)C(C)COc1cccc(-c2ccn[nH]2)c1. The predicted molar refractivity (Wildman–Crippen MR) is 104 cm³/mol. The zero-order valence-electron chi connectivity index (χ0n) is 16.0. The normalized spacial score (nSPS) is 12.2. The van der Waals surface area contributed by atoms with E-state index in [1.165, 1.54) is 0 Å². The number of benzene rings is 1. The number of amides is 1. The molecule has 1 aromatic carbocycles. The molecule has 1 atom stereocenters. The molecule has 0 spiro atoms. The topological polar surface area (TPSA) is 70.2 Å². The summed E-state index contributed by atoms with van der Waals surface area (Å²) in [5.74, 6) is 0.590. The van der Waals surface area contributed by atoms with Crippen LogP contribution in [0.4, 0.5) is 0 Å². The summed E-state index contributed by atoms with van der Waals surface area (Å²) >= 11 is 0. The molecule has 2 N–H and O–H groups in total. The van der Waals surface area contributed by atoms with E-state index in [-0.39, 0.29) is 11.8 Å². The van der Waals surface area contributed by atoms with Crippen molar-refractivity contribution in [1.82, 2.24) is 20.4 Å². The molecule has 1 unspecified atom stereocenters. The van der Waals surface area contributed by atoms with Gasteiger partial charge in [-0.3, -0.25) is 9.89 Å². The van der Waals surface area contributed by atoms with Crippen molar-refractivity contribution in [2.24, 2.45) is 5.92 Å². The molecule has 6 nitrogen and oxygen atoms in total. The molecule has 0 aliphatic carbocycles. The Labute approximate surface area is 155 Å². The van der Waals surface area contributed by atoms with E-state index in [1.807, 2.05) is 37.3 Å². The molecule has 2 aromatic rings. The van der Waals surface area contributed by atoms with E-state index < -0.39 is 0 Å². The van der Waals surface area contributed by atoms with Gasteiger partial charge >= 0.3 is 0 Å². The Morgan fingerprint density at radius 1 is 1.31 bits per heavy atom. The molecule has 0 aliphatic heterocycles. The van der Waals surface area contributed by atoms with E-state index >= 15 is 0 Å². The van der Waals surface area contributed by atoms with Crippen molar-refractivity contribution in [2.75, 3.05) is 32.8 Å². The van der Waals surface area contributed by atoms with Crippen molar-refractivity contribution in [3.05, 3.63) is 36.5 Å². The van der Waals surface area contributed by atoms with Crippen LogP contribution in [0.25, 0.3) is 11.3 Å². The first-order chi connectivity index (χ1) is 12.6. The Hall–Kier alpha value is -2.34. The Bertz CT molecular complexity index is 654. The lowest BCUT2D eigenvalue weighted by Crippen LogP contribution is -2.34. The molecule has 0 saturated carbocycles. The molecule has 1 amide bonds. The Morgan fingerprint density at radius 3 is 2.81 bits per heavy atom. The lowest BCUT2D eigenvalue weighted by Gasteiger charge is -2.18. The molecule has 1 aromatic heterocycles. The highest BCUT2D eigenvalue weighted by Gasteiger charge is 2.13. The molecule has 26 heavy (non-hydrogen) atoms. The molecule has 0 bridgehead atoms. The van der Waals surface area contributed by atoms with Gasteiger partial charge in [0, 0.05) is 18.3 Å². The Balaban J connectivity index is 1.73. The number of rotatable bonds is 11. The van der Waals surface area contributed by atoms with Crippen molar-refractivity contribution in [3.8, 4) is 17.0 Å². The van der Waals surface area contributed by atoms with Gasteiger partial charge in [0.1, 0.15) is 5.75 Å². The highest BCUT2D eigenvalue weighted by Crippen LogP contribution is 2.22. The Kier molecular flexibility index (Phi) is 8.15. The molecule has 0 saturated heterocycles. The standard InChI is InChI=1S/C20H30N4O2/c1-4-24(5-2)13-7-11-21-20(25)16(3)15-26-18-9-6-8-17(14-18)19-10-12-22-23-19/h6,8-10,12,14,16H,4-5,7,11,13,15H2,1-3H3,(H,21,25)(H,22,23). The molecule has 0 radical (unpaired) electrons. The van der Waals surface area contributed by atoms with Gasteiger partial charge in [0.25, 0.3) is 0 Å². The predicted octanol–water partition coefficient (Wildman–Crippen LogP) is 2.94. The van der Waals surface area contributed by atoms with E-state index in [0.717, 1.165) is 43.1 Å². The summed E-state index contributed by atoms with van der Waals surface area (Å²) in [6.45, 7) is 10.4. The number of hydrogen-bond acceptors (Lipinski definition) is 4. The third kappa shape index (κ3) is 6.19. The van der Waals surface area contributed by atoms with Crippen molar-refractivity contribution < 1.29 is 9.53 Å². The molecule has 0 aliphatic rings. The minimum absolute atomic E-state index is 0.0364. The number of nitrogens with one attached hydrogen (secondary N) is 2. The van der Waals surface area contributed by atoms with E-state index in [9.17, 15) is 4.79 Å². The third-order valence-electron chi connectivity index (χ3n) is 4.44. The van der Waals surface area contributed by atoms with Gasteiger partial charge in [-0.15, -0.1) is 0 Å². The molecular weight excluding hydrogens is 328 g/mol. The molecule has 0 fully saturated rings. The quantitative estimate of drug-likeness (QED) is 0.606. The largest absolute Gasteiger partial charge is 0.493 e. The Morgan fingerprint density at radius 2 is 2.12 bits per heavy atom. The fourth-order valence-corrected chi connectivity index (χ4v) is 2.70. The number of nitrogens with zero attached hydrogens (tertiary/aromatic N) is 2. The van der Waals surface area contributed by atoms with Crippen LogP contribution in [0, 0.1) is 5.92 Å². The summed E-state index contributed by atoms with van der Waals surface area (Å²) in [4.78, 5) is 14.5. The summed E-state index contributed by atoms with van der Waals surface area (Å²) in [5.41, 5.74) is 1.95. The summed E-state index contributed by atoms with van der Waals surface area (Å²) < 4.78 is 5.80. The number of carbonyl (C=O) groups excluding carboxylic acids is 1. The first kappa shape index (κ1) is 20.0. The number of ether oxygens (including phenoxy) is 1. The molecule has 1 heterocycles. The monoisotopic (exact) mass is 358 g/mol. The summed E-state index contributed by atoms with van der Waals surface area (Å²) in [6, 6.07) is 9.68. The molecule has 6 heteroatoms. The smallest absolute Gasteiger partial charge is 0.226 e. The number of aromatic amines is 1. The number of H-pyrrole nitrogens is 1. The summed E-state index contributed by atoms with van der Waals surface area (Å²) in [6.07, 6.45) is 2.68. The molecule has 142 valence electrons. The number of carbonyl (C=O) groups is 1. The highest BCUT2D eigenvalue weighted by atomic mass is 16.5. The zero-order valence-corrected chi connectivity index (χ0v) is 16.0. The molecular formula is C20H30N4O2. The molecule has 2 rings (SSSR count). The fourth-order valence-electron chi connectivity index (χ4n) is 2.70. The van der Waals surface area contributed by atoms with E-state index in [1.54, 1.807) is 6.20 Å². The van der Waals surface area contributed by atoms with Crippen LogP contribution in [-0.4, -0.2) is 53.8 Å². The van der Waals surface area contributed by atoms with Crippen LogP contribution >= 0.6 is 0 Å². The maximum atomic E-state index is 12.2. The summed E-state index contributed by atoms with van der Waals surface area (Å²) in [5, 5.41) is 9.89. The van der Waals surface area contributed by atoms with Gasteiger partial charge in [-0.2, -0.15) is 5.10 Å². The average molecular weight is 358 g/mol. The van der Waals surface area contributed by atoms with Crippen molar-refractivity contribution in [1.29, 1.82) is 0 Å². The number of aromatic nitrogens is 2. The average Bonchev–Trinajstić information content (AvgIpc) is 3.21. The zero-order chi connectivity index (χ0) is 18.8. The third-order valence-corrected chi connectivity index (χ3v) is 4.44. The van der Waals surface area contributed by atoms with Gasteiger partial charge < -0.3 is 15.0 Å². The van der Waals surface area contributed by atoms with Gasteiger partial charge in [0.15, 0.2) is 0 Å². The maximum absolute atomic E-state index is 12.2. The fraction of sp³-hybridized carbons (Fsp3) is 0.500. The lowest BCUT2D eigenvalue weighted by molar-refractivity contribution is -0.125. The van der Waals surface area contributed by atoms with Crippen LogP contribution in [0.3, 0.4) is 0 Å². The van der Waals surface area contributed by atoms with Crippen LogP contribution in [0.2, 0.25) is 0 Å². The van der Waals surface area contributed by atoms with E-state index in [4.69, 9.17) is 4.74 Å². The second kappa shape index (κ2) is 10.6. The second-order valence-corrected chi connectivity index (χ2v) is 6.38. The van der Waals surface area contributed by atoms with Crippen LogP contribution in [0.15, 0.2) is 36.5 Å². The first-order valence-corrected chi connectivity index (χ1v) is 9.36. The summed E-state index contributed by atoms with van der Waals surface area (Å²) in [7, 11) is 0. The van der Waals surface area contributed by atoms with E-state index in [2.05, 4.69) is 34.3 Å².